The van der Waals surface area contributed by atoms with Crippen molar-refractivity contribution < 1.29 is 23.8 Å². The van der Waals surface area contributed by atoms with Gasteiger partial charge < -0.3 is 29.7 Å². The summed E-state index contributed by atoms with van der Waals surface area (Å²) in [4.78, 5) is 34.9. The number of pyridine rings is 1. The molecule has 3 fully saturated rings. The van der Waals surface area contributed by atoms with E-state index in [1.54, 1.807) is 26.5 Å². The number of hydrogen-bond donors (Lipinski definition) is 1. The Bertz CT molecular complexity index is 1410. The largest absolute Gasteiger partial charge is 0.493 e. The van der Waals surface area contributed by atoms with Crippen LogP contribution in [0.15, 0.2) is 48.7 Å². The summed E-state index contributed by atoms with van der Waals surface area (Å²) in [7, 11) is 5.35. The number of primary amides is 1. The fourth-order valence-electron chi connectivity index (χ4n) is 6.35. The van der Waals surface area contributed by atoms with Gasteiger partial charge in [-0.15, -0.1) is 0 Å². The van der Waals surface area contributed by atoms with Crippen molar-refractivity contribution >= 4 is 28.4 Å². The lowest BCUT2D eigenvalue weighted by Crippen LogP contribution is -2.54. The molecule has 3 aromatic rings. The zero-order valence-corrected chi connectivity index (χ0v) is 22.6. The van der Waals surface area contributed by atoms with Gasteiger partial charge in [0.25, 0.3) is 0 Å². The van der Waals surface area contributed by atoms with Crippen LogP contribution in [0, 0.1) is 5.41 Å². The lowest BCUT2D eigenvalue weighted by Gasteiger charge is -2.42. The molecule has 2 saturated heterocycles. The summed E-state index contributed by atoms with van der Waals surface area (Å²) in [5.41, 5.74) is 6.13. The molecule has 2 bridgehead atoms. The Kier molecular flexibility index (Phi) is 6.33. The van der Waals surface area contributed by atoms with Crippen molar-refractivity contribution in [2.24, 2.45) is 11.1 Å². The second kappa shape index (κ2) is 9.72. The smallest absolute Gasteiger partial charge is 0.242 e. The van der Waals surface area contributed by atoms with Crippen LogP contribution in [0.3, 0.4) is 0 Å². The average Bonchev–Trinajstić information content (AvgIpc) is 3.73. The van der Waals surface area contributed by atoms with Crippen molar-refractivity contribution in [1.82, 2.24) is 9.88 Å². The van der Waals surface area contributed by atoms with Crippen LogP contribution in [0.4, 0.5) is 5.69 Å². The summed E-state index contributed by atoms with van der Waals surface area (Å²) in [5.74, 6) is 1.73. The molecule has 9 heteroatoms. The molecule has 0 spiro atoms. The lowest BCUT2D eigenvalue weighted by atomic mass is 9.93. The summed E-state index contributed by atoms with van der Waals surface area (Å²) in [6.45, 7) is 0. The molecule has 3 heterocycles. The Labute approximate surface area is 227 Å². The van der Waals surface area contributed by atoms with Crippen LogP contribution < -0.4 is 24.8 Å². The van der Waals surface area contributed by atoms with Crippen LogP contribution in [0.1, 0.15) is 38.5 Å². The molecule has 3 aliphatic rings. The van der Waals surface area contributed by atoms with Gasteiger partial charge in [0.05, 0.1) is 19.7 Å². The summed E-state index contributed by atoms with van der Waals surface area (Å²) in [6, 6.07) is 13.9. The van der Waals surface area contributed by atoms with Crippen molar-refractivity contribution in [2.75, 3.05) is 26.2 Å². The first-order valence-corrected chi connectivity index (χ1v) is 13.5. The van der Waals surface area contributed by atoms with Gasteiger partial charge in [0.2, 0.25) is 11.8 Å². The molecule has 2 amide bonds. The fourth-order valence-corrected chi connectivity index (χ4v) is 6.35. The molecular formula is C30H34N4O5. The molecule has 9 nitrogen and oxygen atoms in total. The molecule has 2 N–H and O–H groups in total. The molecule has 2 aliphatic heterocycles. The van der Waals surface area contributed by atoms with Crippen LogP contribution >= 0.6 is 0 Å². The minimum atomic E-state index is -1.08. The van der Waals surface area contributed by atoms with Crippen molar-refractivity contribution in [3.63, 3.8) is 0 Å². The highest BCUT2D eigenvalue weighted by Gasteiger charge is 2.58. The minimum Gasteiger partial charge on any atom is -0.493 e. The Balaban J connectivity index is 1.30. The zero-order chi connectivity index (χ0) is 27.3. The van der Waals surface area contributed by atoms with Crippen LogP contribution in [-0.2, 0) is 9.59 Å². The van der Waals surface area contributed by atoms with E-state index in [0.717, 1.165) is 42.3 Å². The lowest BCUT2D eigenvalue weighted by molar-refractivity contribution is -0.134. The normalized spacial score (nSPS) is 23.3. The monoisotopic (exact) mass is 530 g/mol. The molecule has 6 rings (SSSR count). The number of benzene rings is 2. The molecule has 39 heavy (non-hydrogen) atoms. The van der Waals surface area contributed by atoms with Crippen molar-refractivity contribution in [1.29, 1.82) is 0 Å². The third kappa shape index (κ3) is 4.34. The number of nitrogens with zero attached hydrogens (tertiary/aromatic N) is 3. The SMILES string of the molecule is COc1cc2nccc(Oc3ccc(N(C(=O)C4(C(N)=O)CC4)C4CC5CCC(C4)N5C)cc3)c2cc1OC. The van der Waals surface area contributed by atoms with Crippen molar-refractivity contribution in [3.05, 3.63) is 48.7 Å². The van der Waals surface area contributed by atoms with Gasteiger partial charge in [-0.1, -0.05) is 0 Å². The zero-order valence-electron chi connectivity index (χ0n) is 22.6. The number of amides is 2. The van der Waals surface area contributed by atoms with Gasteiger partial charge in [-0.25, -0.2) is 0 Å². The number of rotatable bonds is 8. The van der Waals surface area contributed by atoms with Crippen molar-refractivity contribution in [2.45, 2.75) is 56.7 Å². The standard InChI is InChI=1S/C30H34N4O5/c1-33-19-4-5-20(33)15-21(14-19)34(29(36)30(11-12-30)28(31)35)18-6-8-22(9-7-18)39-25-10-13-32-24-17-27(38-3)26(37-2)16-23(24)25/h6-10,13,16-17,19-21H,4-5,11-12,14-15H2,1-3H3,(H2,31,35). The van der Waals surface area contributed by atoms with Gasteiger partial charge >= 0.3 is 0 Å². The van der Waals surface area contributed by atoms with Gasteiger partial charge in [0, 0.05) is 41.5 Å². The van der Waals surface area contributed by atoms with Gasteiger partial charge in [0.15, 0.2) is 11.5 Å². The third-order valence-electron chi connectivity index (χ3n) is 8.84. The highest BCUT2D eigenvalue weighted by molar-refractivity contribution is 6.14. The van der Waals surface area contributed by atoms with Crippen molar-refractivity contribution in [3.8, 4) is 23.0 Å². The molecule has 2 aromatic carbocycles. The number of carbonyl (C=O) groups excluding carboxylic acids is 2. The van der Waals surface area contributed by atoms with E-state index in [-0.39, 0.29) is 11.9 Å². The van der Waals surface area contributed by atoms with E-state index in [1.807, 2.05) is 41.3 Å². The number of carbonyl (C=O) groups is 2. The van der Waals surface area contributed by atoms with E-state index in [0.29, 0.717) is 47.9 Å². The Morgan fingerprint density at radius 2 is 1.62 bits per heavy atom. The number of methoxy groups -OCH3 is 2. The number of piperidine rings is 1. The predicted octanol–water partition coefficient (Wildman–Crippen LogP) is 4.27. The molecule has 2 atom stereocenters. The predicted molar refractivity (Wildman–Crippen MR) is 147 cm³/mol. The number of ether oxygens (including phenoxy) is 3. The van der Waals surface area contributed by atoms with Gasteiger partial charge in [-0.3, -0.25) is 14.6 Å². The third-order valence-corrected chi connectivity index (χ3v) is 8.84. The maximum atomic E-state index is 13.9. The van der Waals surface area contributed by atoms with E-state index >= 15 is 0 Å². The maximum absolute atomic E-state index is 13.9. The molecule has 1 aliphatic carbocycles. The number of anilines is 1. The first-order valence-electron chi connectivity index (χ1n) is 13.5. The second-order valence-electron chi connectivity index (χ2n) is 10.9. The highest BCUT2D eigenvalue weighted by atomic mass is 16.5. The molecule has 204 valence electrons. The van der Waals surface area contributed by atoms with Crippen LogP contribution in [0.5, 0.6) is 23.0 Å². The Morgan fingerprint density at radius 3 is 2.21 bits per heavy atom. The summed E-state index contributed by atoms with van der Waals surface area (Å²) in [5, 5.41) is 0.787. The van der Waals surface area contributed by atoms with E-state index in [9.17, 15) is 9.59 Å². The fraction of sp³-hybridized carbons (Fsp3) is 0.433. The molecular weight excluding hydrogens is 496 g/mol. The highest BCUT2D eigenvalue weighted by Crippen LogP contribution is 2.49. The second-order valence-corrected chi connectivity index (χ2v) is 10.9. The van der Waals surface area contributed by atoms with Crippen LogP contribution in [0.25, 0.3) is 10.9 Å². The van der Waals surface area contributed by atoms with Gasteiger partial charge in [-0.2, -0.15) is 0 Å². The summed E-state index contributed by atoms with van der Waals surface area (Å²) < 4.78 is 17.1. The van der Waals surface area contributed by atoms with E-state index in [2.05, 4.69) is 16.9 Å². The first-order chi connectivity index (χ1) is 18.8. The number of fused-ring (bicyclic) bond motifs is 3. The minimum absolute atomic E-state index is 0.0291. The number of aromatic nitrogens is 1. The van der Waals surface area contributed by atoms with E-state index in [4.69, 9.17) is 19.9 Å². The molecule has 1 aromatic heterocycles. The molecule has 0 radical (unpaired) electrons. The maximum Gasteiger partial charge on any atom is 0.242 e. The molecule has 1 saturated carbocycles. The average molecular weight is 531 g/mol. The van der Waals surface area contributed by atoms with E-state index in [1.165, 1.54) is 0 Å². The first kappa shape index (κ1) is 25.4. The topological polar surface area (TPSA) is 107 Å². The quantitative estimate of drug-likeness (QED) is 0.434. The van der Waals surface area contributed by atoms with Gasteiger partial charge in [-0.05, 0) is 82.0 Å². The molecule has 2 unspecified atom stereocenters. The van der Waals surface area contributed by atoms with Gasteiger partial charge in [0.1, 0.15) is 16.9 Å². The summed E-state index contributed by atoms with van der Waals surface area (Å²) >= 11 is 0. The number of hydrogen-bond acceptors (Lipinski definition) is 7. The Hall–Kier alpha value is -3.85. The number of nitrogens with two attached hydrogens (primary N) is 1. The van der Waals surface area contributed by atoms with Crippen LogP contribution in [-0.4, -0.2) is 61.1 Å². The summed E-state index contributed by atoms with van der Waals surface area (Å²) in [6.07, 6.45) is 6.78. The Morgan fingerprint density at radius 1 is 0.974 bits per heavy atom. The van der Waals surface area contributed by atoms with E-state index < -0.39 is 11.3 Å². The van der Waals surface area contributed by atoms with Crippen LogP contribution in [0.2, 0.25) is 0 Å².